The molecule has 1 heterocycles. The number of hydrogen-bond acceptors (Lipinski definition) is 4. The van der Waals surface area contributed by atoms with Gasteiger partial charge in [-0.25, -0.2) is 0 Å². The number of carbonyl (C=O) groups excluding carboxylic acids is 1. The number of nitrogens with two attached hydrogens (primary N) is 1. The molecule has 1 atom stereocenters. The van der Waals surface area contributed by atoms with Crippen molar-refractivity contribution >= 4 is 5.91 Å². The summed E-state index contributed by atoms with van der Waals surface area (Å²) < 4.78 is 5.11. The molecule has 0 radical (unpaired) electrons. The Kier molecular flexibility index (Phi) is 6.83. The molecule has 1 unspecified atom stereocenters. The predicted molar refractivity (Wildman–Crippen MR) is 87.5 cm³/mol. The monoisotopic (exact) mass is 305 g/mol. The van der Waals surface area contributed by atoms with Gasteiger partial charge in [0, 0.05) is 39.8 Å². The maximum Gasteiger partial charge on any atom is 0.222 e. The summed E-state index contributed by atoms with van der Waals surface area (Å²) in [4.78, 5) is 14.2. The molecule has 1 aromatic rings. The van der Waals surface area contributed by atoms with Gasteiger partial charge in [0.2, 0.25) is 5.91 Å². The van der Waals surface area contributed by atoms with E-state index in [9.17, 15) is 4.79 Å². The van der Waals surface area contributed by atoms with Gasteiger partial charge < -0.3 is 15.8 Å². The molecule has 122 valence electrons. The molecule has 0 saturated carbocycles. The molecule has 0 spiro atoms. The fourth-order valence-electron chi connectivity index (χ4n) is 2.82. The fraction of sp³-hybridized carbons (Fsp3) is 0.588. The first-order valence-electron chi connectivity index (χ1n) is 8.01. The zero-order chi connectivity index (χ0) is 15.8. The van der Waals surface area contributed by atoms with Gasteiger partial charge in [-0.05, 0) is 24.0 Å². The number of nitrogens with zero attached hydrogens (tertiary/aromatic N) is 1. The van der Waals surface area contributed by atoms with E-state index in [4.69, 9.17) is 10.5 Å². The molecular weight excluding hydrogens is 278 g/mol. The summed E-state index contributed by atoms with van der Waals surface area (Å²) in [5.41, 5.74) is 8.42. The quantitative estimate of drug-likeness (QED) is 0.701. The Morgan fingerprint density at radius 1 is 1.41 bits per heavy atom. The summed E-state index contributed by atoms with van der Waals surface area (Å²) >= 11 is 0. The van der Waals surface area contributed by atoms with Crippen molar-refractivity contribution in [2.75, 3.05) is 33.3 Å². The van der Waals surface area contributed by atoms with E-state index in [1.165, 1.54) is 11.1 Å². The highest BCUT2D eigenvalue weighted by atomic mass is 16.5. The van der Waals surface area contributed by atoms with Crippen LogP contribution in [0.4, 0.5) is 0 Å². The van der Waals surface area contributed by atoms with Crippen molar-refractivity contribution in [2.45, 2.75) is 31.9 Å². The Bertz CT molecular complexity index is 475. The molecule has 2 rings (SSSR count). The van der Waals surface area contributed by atoms with Crippen LogP contribution in [0.5, 0.6) is 0 Å². The molecular formula is C17H27N3O2. The van der Waals surface area contributed by atoms with E-state index in [-0.39, 0.29) is 12.0 Å². The maximum absolute atomic E-state index is 11.7. The Morgan fingerprint density at radius 2 is 2.18 bits per heavy atom. The highest BCUT2D eigenvalue weighted by molar-refractivity contribution is 5.76. The van der Waals surface area contributed by atoms with E-state index in [0.717, 1.165) is 32.5 Å². The summed E-state index contributed by atoms with van der Waals surface area (Å²) in [5, 5.41) is 2.94. The molecule has 1 amide bonds. The van der Waals surface area contributed by atoms with Gasteiger partial charge in [-0.3, -0.25) is 9.69 Å². The molecule has 5 heteroatoms. The van der Waals surface area contributed by atoms with E-state index in [1.807, 2.05) is 0 Å². The van der Waals surface area contributed by atoms with Crippen molar-refractivity contribution in [1.82, 2.24) is 10.2 Å². The number of amides is 1. The predicted octanol–water partition coefficient (Wildman–Crippen LogP) is 0.915. The first-order valence-corrected chi connectivity index (χ1v) is 8.01. The zero-order valence-electron chi connectivity index (χ0n) is 13.4. The topological polar surface area (TPSA) is 67.6 Å². The van der Waals surface area contributed by atoms with Crippen molar-refractivity contribution in [3.63, 3.8) is 0 Å². The average Bonchev–Trinajstić information content (AvgIpc) is 2.56. The molecule has 22 heavy (non-hydrogen) atoms. The van der Waals surface area contributed by atoms with E-state index >= 15 is 0 Å². The minimum absolute atomic E-state index is 0.0151. The first kappa shape index (κ1) is 16.9. The molecule has 1 aliphatic heterocycles. The van der Waals surface area contributed by atoms with Gasteiger partial charge in [0.05, 0.1) is 12.5 Å². The van der Waals surface area contributed by atoms with Crippen LogP contribution in [0, 0.1) is 0 Å². The normalized spacial score (nSPS) is 16.1. The second kappa shape index (κ2) is 8.88. The Labute approximate surface area is 132 Å². The highest BCUT2D eigenvalue weighted by Gasteiger charge is 2.15. The number of rotatable bonds is 8. The molecule has 5 nitrogen and oxygen atoms in total. The van der Waals surface area contributed by atoms with Gasteiger partial charge in [0.15, 0.2) is 0 Å². The number of ether oxygens (including phenoxy) is 1. The average molecular weight is 305 g/mol. The lowest BCUT2D eigenvalue weighted by Crippen LogP contribution is -2.35. The third-order valence-electron chi connectivity index (χ3n) is 4.19. The molecule has 0 aliphatic carbocycles. The molecule has 0 aromatic heterocycles. The van der Waals surface area contributed by atoms with Gasteiger partial charge in [-0.15, -0.1) is 0 Å². The van der Waals surface area contributed by atoms with Crippen LogP contribution in [0.1, 0.15) is 24.0 Å². The lowest BCUT2D eigenvalue weighted by atomic mass is 10.00. The van der Waals surface area contributed by atoms with Crippen LogP contribution in [0.2, 0.25) is 0 Å². The largest absolute Gasteiger partial charge is 0.380 e. The smallest absolute Gasteiger partial charge is 0.222 e. The van der Waals surface area contributed by atoms with Crippen molar-refractivity contribution in [3.05, 3.63) is 35.4 Å². The standard InChI is InChI=1S/C17H27N3O2/c1-22-16(12-18)11-17(21)19-8-4-9-20-10-7-14-5-2-3-6-15(14)13-20/h2-3,5-6,16H,4,7-13,18H2,1H3,(H,19,21). The van der Waals surface area contributed by atoms with Crippen molar-refractivity contribution < 1.29 is 9.53 Å². The van der Waals surface area contributed by atoms with Gasteiger partial charge in [-0.1, -0.05) is 24.3 Å². The lowest BCUT2D eigenvalue weighted by Gasteiger charge is -2.28. The lowest BCUT2D eigenvalue weighted by molar-refractivity contribution is -0.123. The van der Waals surface area contributed by atoms with Crippen molar-refractivity contribution in [1.29, 1.82) is 0 Å². The zero-order valence-corrected chi connectivity index (χ0v) is 13.4. The molecule has 0 saturated heterocycles. The maximum atomic E-state index is 11.7. The molecule has 0 bridgehead atoms. The number of fused-ring (bicyclic) bond motifs is 1. The molecule has 1 aliphatic rings. The van der Waals surface area contributed by atoms with Crippen LogP contribution in [-0.2, 0) is 22.5 Å². The Hall–Kier alpha value is -1.43. The van der Waals surface area contributed by atoms with Gasteiger partial charge in [0.1, 0.15) is 0 Å². The number of benzene rings is 1. The number of hydrogen-bond donors (Lipinski definition) is 2. The van der Waals surface area contributed by atoms with Crippen LogP contribution in [0.3, 0.4) is 0 Å². The van der Waals surface area contributed by atoms with Gasteiger partial charge in [-0.2, -0.15) is 0 Å². The van der Waals surface area contributed by atoms with Crippen LogP contribution in [0.15, 0.2) is 24.3 Å². The number of nitrogens with one attached hydrogen (secondary N) is 1. The second-order valence-corrected chi connectivity index (χ2v) is 5.80. The number of methoxy groups -OCH3 is 1. The van der Waals surface area contributed by atoms with E-state index in [1.54, 1.807) is 7.11 Å². The summed E-state index contributed by atoms with van der Waals surface area (Å²) in [7, 11) is 1.58. The Morgan fingerprint density at radius 3 is 2.91 bits per heavy atom. The molecule has 0 fully saturated rings. The minimum atomic E-state index is -0.182. The highest BCUT2D eigenvalue weighted by Crippen LogP contribution is 2.18. The third kappa shape index (κ3) is 5.09. The van der Waals surface area contributed by atoms with Crippen LogP contribution < -0.4 is 11.1 Å². The SMILES string of the molecule is COC(CN)CC(=O)NCCCN1CCc2ccccc2C1. The van der Waals surface area contributed by atoms with Crippen molar-refractivity contribution in [3.8, 4) is 0 Å². The second-order valence-electron chi connectivity index (χ2n) is 5.80. The third-order valence-corrected chi connectivity index (χ3v) is 4.19. The fourth-order valence-corrected chi connectivity index (χ4v) is 2.82. The minimum Gasteiger partial charge on any atom is -0.380 e. The van der Waals surface area contributed by atoms with Gasteiger partial charge in [0.25, 0.3) is 0 Å². The van der Waals surface area contributed by atoms with E-state index < -0.39 is 0 Å². The van der Waals surface area contributed by atoms with Gasteiger partial charge >= 0.3 is 0 Å². The summed E-state index contributed by atoms with van der Waals surface area (Å²) in [6, 6.07) is 8.64. The molecule has 1 aromatic carbocycles. The van der Waals surface area contributed by atoms with E-state index in [2.05, 4.69) is 34.5 Å². The van der Waals surface area contributed by atoms with Crippen LogP contribution in [0.25, 0.3) is 0 Å². The number of carbonyl (C=O) groups is 1. The Balaban J connectivity index is 1.63. The van der Waals surface area contributed by atoms with Crippen molar-refractivity contribution in [2.24, 2.45) is 5.73 Å². The van der Waals surface area contributed by atoms with E-state index in [0.29, 0.717) is 19.5 Å². The first-order chi connectivity index (χ1) is 10.7. The van der Waals surface area contributed by atoms with Crippen LogP contribution >= 0.6 is 0 Å². The molecule has 3 N–H and O–H groups in total. The summed E-state index contributed by atoms with van der Waals surface area (Å²) in [6.07, 6.45) is 2.24. The summed E-state index contributed by atoms with van der Waals surface area (Å²) in [6.45, 7) is 4.21. The van der Waals surface area contributed by atoms with Crippen LogP contribution in [-0.4, -0.2) is 50.2 Å². The summed E-state index contributed by atoms with van der Waals surface area (Å²) in [5.74, 6) is 0.0151.